The maximum absolute atomic E-state index is 13.7. The van der Waals surface area contributed by atoms with Crippen molar-refractivity contribution in [3.05, 3.63) is 76.7 Å². The van der Waals surface area contributed by atoms with Crippen molar-refractivity contribution in [1.82, 2.24) is 9.97 Å². The average Bonchev–Trinajstić information content (AvgIpc) is 2.60. The number of anilines is 3. The van der Waals surface area contributed by atoms with Crippen LogP contribution in [0.4, 0.5) is 21.8 Å². The number of nitrogens with one attached hydrogen (secondary N) is 2. The molecule has 2 N–H and O–H groups in total. The molecule has 1 heterocycles. The van der Waals surface area contributed by atoms with Gasteiger partial charge >= 0.3 is 0 Å². The van der Waals surface area contributed by atoms with E-state index in [9.17, 15) is 4.39 Å². The van der Waals surface area contributed by atoms with Crippen LogP contribution in [0.25, 0.3) is 0 Å². The van der Waals surface area contributed by atoms with Crippen LogP contribution in [0.3, 0.4) is 0 Å². The summed E-state index contributed by atoms with van der Waals surface area (Å²) in [5.74, 6) is 1.10. The highest BCUT2D eigenvalue weighted by Gasteiger charge is 2.07. The molecule has 0 atom stereocenters. The Labute approximate surface area is 153 Å². The minimum absolute atomic E-state index is 0.175. The fourth-order valence-electron chi connectivity index (χ4n) is 2.86. The molecule has 134 valence electrons. The van der Waals surface area contributed by atoms with Crippen molar-refractivity contribution in [3.8, 4) is 0 Å². The molecule has 0 spiro atoms. The molecule has 3 aromatic rings. The van der Waals surface area contributed by atoms with Crippen molar-refractivity contribution >= 4 is 17.5 Å². The Morgan fingerprint density at radius 3 is 2.38 bits per heavy atom. The van der Waals surface area contributed by atoms with Crippen LogP contribution in [0, 0.1) is 26.6 Å². The lowest BCUT2D eigenvalue weighted by Crippen LogP contribution is -2.10. The molecule has 3 rings (SSSR count). The molecular formula is C21H23FN4. The van der Waals surface area contributed by atoms with E-state index in [0.717, 1.165) is 28.3 Å². The molecular weight excluding hydrogens is 327 g/mol. The van der Waals surface area contributed by atoms with Crippen LogP contribution >= 0.6 is 0 Å². The number of para-hydroxylation sites is 1. The molecule has 26 heavy (non-hydrogen) atoms. The summed E-state index contributed by atoms with van der Waals surface area (Å²) in [7, 11) is 0. The molecule has 2 aromatic carbocycles. The molecule has 0 amide bonds. The number of rotatable bonds is 6. The number of hydrogen-bond acceptors (Lipinski definition) is 4. The van der Waals surface area contributed by atoms with Crippen LogP contribution in [-0.4, -0.2) is 16.5 Å². The van der Waals surface area contributed by atoms with E-state index < -0.39 is 0 Å². The Morgan fingerprint density at radius 2 is 1.65 bits per heavy atom. The predicted octanol–water partition coefficient (Wildman–Crippen LogP) is 4.94. The van der Waals surface area contributed by atoms with E-state index in [-0.39, 0.29) is 5.82 Å². The van der Waals surface area contributed by atoms with E-state index in [2.05, 4.69) is 46.6 Å². The van der Waals surface area contributed by atoms with Crippen molar-refractivity contribution in [3.63, 3.8) is 0 Å². The molecule has 4 nitrogen and oxygen atoms in total. The van der Waals surface area contributed by atoms with Crippen molar-refractivity contribution in [2.45, 2.75) is 27.2 Å². The maximum Gasteiger partial charge on any atom is 0.229 e. The van der Waals surface area contributed by atoms with Gasteiger partial charge in [-0.25, -0.2) is 9.37 Å². The van der Waals surface area contributed by atoms with E-state index in [1.165, 1.54) is 6.07 Å². The summed E-state index contributed by atoms with van der Waals surface area (Å²) >= 11 is 0. The van der Waals surface area contributed by atoms with Gasteiger partial charge in [0.1, 0.15) is 11.6 Å². The van der Waals surface area contributed by atoms with Crippen LogP contribution in [-0.2, 0) is 6.42 Å². The Balaban J connectivity index is 1.71. The highest BCUT2D eigenvalue weighted by molar-refractivity contribution is 5.63. The zero-order valence-corrected chi connectivity index (χ0v) is 15.3. The van der Waals surface area contributed by atoms with E-state index in [1.807, 2.05) is 25.1 Å². The zero-order valence-electron chi connectivity index (χ0n) is 15.3. The number of hydrogen-bond donors (Lipinski definition) is 2. The largest absolute Gasteiger partial charge is 0.370 e. The standard InChI is InChI=1S/C21H23FN4/c1-14-7-6-8-15(2)20(14)26-21-24-16(3)13-19(25-21)23-12-11-17-9-4-5-10-18(17)22/h4-10,13H,11-12H2,1-3H3,(H2,23,24,25,26). The predicted molar refractivity (Wildman–Crippen MR) is 105 cm³/mol. The lowest BCUT2D eigenvalue weighted by atomic mass is 10.1. The normalized spacial score (nSPS) is 10.6. The molecule has 1 aromatic heterocycles. The first-order valence-corrected chi connectivity index (χ1v) is 8.69. The molecule has 0 bridgehead atoms. The van der Waals surface area contributed by atoms with Crippen molar-refractivity contribution in [1.29, 1.82) is 0 Å². The van der Waals surface area contributed by atoms with Gasteiger partial charge in [0.25, 0.3) is 0 Å². The summed E-state index contributed by atoms with van der Waals surface area (Å²) in [6, 6.07) is 14.9. The van der Waals surface area contributed by atoms with Gasteiger partial charge < -0.3 is 10.6 Å². The number of aromatic nitrogens is 2. The second-order valence-corrected chi connectivity index (χ2v) is 6.38. The van der Waals surface area contributed by atoms with Crippen LogP contribution in [0.2, 0.25) is 0 Å². The topological polar surface area (TPSA) is 49.8 Å². The molecule has 0 fully saturated rings. The van der Waals surface area contributed by atoms with E-state index in [0.29, 0.717) is 24.5 Å². The van der Waals surface area contributed by atoms with Crippen LogP contribution in [0.15, 0.2) is 48.5 Å². The Kier molecular flexibility index (Phi) is 5.46. The third-order valence-corrected chi connectivity index (χ3v) is 4.23. The van der Waals surface area contributed by atoms with Gasteiger partial charge in [0.15, 0.2) is 0 Å². The van der Waals surface area contributed by atoms with Gasteiger partial charge in [-0.15, -0.1) is 0 Å². The minimum atomic E-state index is -0.175. The quantitative estimate of drug-likeness (QED) is 0.661. The van der Waals surface area contributed by atoms with Gasteiger partial charge in [0.2, 0.25) is 5.95 Å². The highest BCUT2D eigenvalue weighted by atomic mass is 19.1. The number of aryl methyl sites for hydroxylation is 3. The zero-order chi connectivity index (χ0) is 18.5. The average molecular weight is 350 g/mol. The summed E-state index contributed by atoms with van der Waals surface area (Å²) in [5.41, 5.74) is 4.87. The summed E-state index contributed by atoms with van der Waals surface area (Å²) in [4.78, 5) is 9.01. The van der Waals surface area contributed by atoms with Gasteiger partial charge in [-0.05, 0) is 49.9 Å². The fraction of sp³-hybridized carbons (Fsp3) is 0.238. The van der Waals surface area contributed by atoms with Gasteiger partial charge in [-0.3, -0.25) is 0 Å². The number of benzene rings is 2. The third-order valence-electron chi connectivity index (χ3n) is 4.23. The molecule has 0 aliphatic carbocycles. The van der Waals surface area contributed by atoms with Gasteiger partial charge in [-0.2, -0.15) is 4.98 Å². The Morgan fingerprint density at radius 1 is 0.923 bits per heavy atom. The van der Waals surface area contributed by atoms with Gasteiger partial charge in [0, 0.05) is 24.0 Å². The summed E-state index contributed by atoms with van der Waals surface area (Å²) in [5, 5.41) is 6.58. The summed E-state index contributed by atoms with van der Waals surface area (Å²) in [6.45, 7) is 6.64. The monoisotopic (exact) mass is 350 g/mol. The fourth-order valence-corrected chi connectivity index (χ4v) is 2.86. The first-order chi connectivity index (χ1) is 12.5. The smallest absolute Gasteiger partial charge is 0.229 e. The summed E-state index contributed by atoms with van der Waals surface area (Å²) < 4.78 is 13.7. The highest BCUT2D eigenvalue weighted by Crippen LogP contribution is 2.23. The lowest BCUT2D eigenvalue weighted by molar-refractivity contribution is 0.610. The second-order valence-electron chi connectivity index (χ2n) is 6.38. The first-order valence-electron chi connectivity index (χ1n) is 8.69. The van der Waals surface area contributed by atoms with Crippen LogP contribution < -0.4 is 10.6 Å². The molecule has 5 heteroatoms. The SMILES string of the molecule is Cc1cc(NCCc2ccccc2F)nc(Nc2c(C)cccc2C)n1. The van der Waals surface area contributed by atoms with Crippen LogP contribution in [0.5, 0.6) is 0 Å². The first kappa shape index (κ1) is 17.9. The van der Waals surface area contributed by atoms with Crippen LogP contribution in [0.1, 0.15) is 22.4 Å². The molecule has 0 saturated carbocycles. The number of halogens is 1. The van der Waals surface area contributed by atoms with E-state index in [1.54, 1.807) is 12.1 Å². The Bertz CT molecular complexity index is 888. The van der Waals surface area contributed by atoms with Gasteiger partial charge in [0.05, 0.1) is 0 Å². The number of nitrogens with zero attached hydrogens (tertiary/aromatic N) is 2. The summed E-state index contributed by atoms with van der Waals surface area (Å²) in [6.07, 6.45) is 0.593. The molecule has 0 saturated heterocycles. The minimum Gasteiger partial charge on any atom is -0.370 e. The van der Waals surface area contributed by atoms with Crippen molar-refractivity contribution in [2.24, 2.45) is 0 Å². The second kappa shape index (κ2) is 7.95. The molecule has 0 aliphatic heterocycles. The molecule has 0 aliphatic rings. The lowest BCUT2D eigenvalue weighted by Gasteiger charge is -2.13. The van der Waals surface area contributed by atoms with Crippen molar-refractivity contribution < 1.29 is 4.39 Å². The maximum atomic E-state index is 13.7. The Hall–Kier alpha value is -2.95. The van der Waals surface area contributed by atoms with E-state index in [4.69, 9.17) is 0 Å². The molecule has 0 unspecified atom stereocenters. The van der Waals surface area contributed by atoms with Gasteiger partial charge in [-0.1, -0.05) is 36.4 Å². The van der Waals surface area contributed by atoms with Crippen molar-refractivity contribution in [2.75, 3.05) is 17.2 Å². The van der Waals surface area contributed by atoms with E-state index >= 15 is 0 Å². The molecule has 0 radical (unpaired) electrons. The third kappa shape index (κ3) is 4.36.